The number of imidazole rings is 1. The quantitative estimate of drug-likeness (QED) is 0.461. The predicted octanol–water partition coefficient (Wildman–Crippen LogP) is 6.09. The second kappa shape index (κ2) is 15.6. The summed E-state index contributed by atoms with van der Waals surface area (Å²) >= 11 is 0. The van der Waals surface area contributed by atoms with Crippen LogP contribution in [-0.2, 0) is 4.79 Å². The highest BCUT2D eigenvalue weighted by molar-refractivity contribution is 5.51. The highest BCUT2D eigenvalue weighted by Crippen LogP contribution is 2.20. The summed E-state index contributed by atoms with van der Waals surface area (Å²) in [5, 5.41) is 6.47. The van der Waals surface area contributed by atoms with Gasteiger partial charge in [0.15, 0.2) is 0 Å². The van der Waals surface area contributed by atoms with Crippen molar-refractivity contribution in [3.05, 3.63) is 59.9 Å². The van der Waals surface area contributed by atoms with Crippen LogP contribution in [0.3, 0.4) is 0 Å². The first-order valence-corrected chi connectivity index (χ1v) is 11.3. The Hall–Kier alpha value is -3.22. The average molecular weight is 439 g/mol. The van der Waals surface area contributed by atoms with Crippen LogP contribution in [0.2, 0.25) is 0 Å². The van der Waals surface area contributed by atoms with Crippen LogP contribution in [-0.4, -0.2) is 33.4 Å². The van der Waals surface area contributed by atoms with E-state index in [4.69, 9.17) is 4.79 Å². The first-order valence-electron chi connectivity index (χ1n) is 11.3. The molecule has 0 unspecified atom stereocenters. The SMILES string of the molecule is C1CC1.C=O.C\C=C(Nc1nccn1-c1cc(NC)ncn1)/C(C)=C\C(=C/CC)CCC. The number of anilines is 2. The maximum Gasteiger partial charge on any atom is 0.213 e. The monoisotopic (exact) mass is 438 g/mol. The number of aromatic nitrogens is 4. The maximum atomic E-state index is 8.00. The van der Waals surface area contributed by atoms with E-state index in [9.17, 15) is 0 Å². The van der Waals surface area contributed by atoms with Gasteiger partial charge in [-0.2, -0.15) is 0 Å². The minimum Gasteiger partial charge on any atom is -0.373 e. The number of nitrogens with one attached hydrogen (secondary N) is 2. The summed E-state index contributed by atoms with van der Waals surface area (Å²) < 4.78 is 1.91. The molecule has 2 N–H and O–H groups in total. The van der Waals surface area contributed by atoms with Crippen molar-refractivity contribution in [1.82, 2.24) is 19.5 Å². The lowest BCUT2D eigenvalue weighted by Gasteiger charge is -2.14. The zero-order valence-corrected chi connectivity index (χ0v) is 20.2. The van der Waals surface area contributed by atoms with Gasteiger partial charge < -0.3 is 15.4 Å². The Morgan fingerprint density at radius 2 is 1.91 bits per heavy atom. The van der Waals surface area contributed by atoms with E-state index in [0.717, 1.165) is 36.6 Å². The van der Waals surface area contributed by atoms with E-state index in [0.29, 0.717) is 5.95 Å². The molecule has 1 fully saturated rings. The first-order chi connectivity index (χ1) is 15.6. The predicted molar refractivity (Wildman–Crippen MR) is 134 cm³/mol. The third kappa shape index (κ3) is 9.29. The van der Waals surface area contributed by atoms with Crippen molar-refractivity contribution in [1.29, 1.82) is 0 Å². The van der Waals surface area contributed by atoms with Gasteiger partial charge in [-0.15, -0.1) is 0 Å². The molecule has 7 nitrogen and oxygen atoms in total. The molecule has 1 aliphatic carbocycles. The maximum absolute atomic E-state index is 8.00. The Morgan fingerprint density at radius 1 is 1.19 bits per heavy atom. The number of allylic oxidation sites excluding steroid dienone is 5. The van der Waals surface area contributed by atoms with Gasteiger partial charge in [-0.3, -0.25) is 4.57 Å². The van der Waals surface area contributed by atoms with E-state index >= 15 is 0 Å². The summed E-state index contributed by atoms with van der Waals surface area (Å²) in [7, 11) is 1.84. The van der Waals surface area contributed by atoms with Gasteiger partial charge in [0.2, 0.25) is 5.95 Å². The fourth-order valence-electron chi connectivity index (χ4n) is 2.86. The van der Waals surface area contributed by atoms with E-state index in [1.165, 1.54) is 30.4 Å². The van der Waals surface area contributed by atoms with Crippen molar-refractivity contribution >= 4 is 18.6 Å². The molecule has 7 heteroatoms. The summed E-state index contributed by atoms with van der Waals surface area (Å²) in [4.78, 5) is 21.0. The average Bonchev–Trinajstić information content (AvgIpc) is 3.64. The van der Waals surface area contributed by atoms with Gasteiger partial charge in [-0.25, -0.2) is 15.0 Å². The zero-order valence-electron chi connectivity index (χ0n) is 20.2. The minimum absolute atomic E-state index is 0.716. The lowest BCUT2D eigenvalue weighted by Crippen LogP contribution is -2.08. The second-order valence-corrected chi connectivity index (χ2v) is 7.28. The fraction of sp³-hybridized carbons (Fsp3) is 0.440. The molecule has 2 heterocycles. The molecule has 2 aromatic rings. The normalized spacial score (nSPS) is 13.3. The van der Waals surface area contributed by atoms with Crippen LogP contribution < -0.4 is 10.6 Å². The lowest BCUT2D eigenvalue weighted by atomic mass is 10.0. The Balaban J connectivity index is 0.000000918. The molecular formula is C25H38N6O. The summed E-state index contributed by atoms with van der Waals surface area (Å²) in [6.07, 6.45) is 19.6. The number of rotatable bonds is 9. The second-order valence-electron chi connectivity index (χ2n) is 7.28. The molecule has 0 atom stereocenters. The van der Waals surface area contributed by atoms with Gasteiger partial charge >= 0.3 is 0 Å². The standard InChI is InChI=1S/C21H30N6.C3H6.CH2O/c1-6-9-17(10-7-2)13-16(4)18(8-3)26-21-23-11-12-27(21)20-14-19(22-5)24-15-25-20;1-2-3-1;1-2/h8-9,11-15H,6-7,10H2,1-5H3,(H,23,26)(H,22,24,25);1-3H2;1H2/b16-13-,17-9-,18-8+;;. The Morgan fingerprint density at radius 3 is 2.47 bits per heavy atom. The molecule has 0 amide bonds. The molecule has 0 spiro atoms. The Labute approximate surface area is 192 Å². The molecule has 1 saturated carbocycles. The van der Waals surface area contributed by atoms with E-state index in [1.54, 1.807) is 12.5 Å². The fourth-order valence-corrected chi connectivity index (χ4v) is 2.86. The third-order valence-corrected chi connectivity index (χ3v) is 4.52. The molecule has 0 bridgehead atoms. The number of hydrogen-bond donors (Lipinski definition) is 2. The molecule has 2 aromatic heterocycles. The molecule has 0 saturated heterocycles. The molecule has 32 heavy (non-hydrogen) atoms. The van der Waals surface area contributed by atoms with Crippen LogP contribution in [0.15, 0.2) is 59.9 Å². The zero-order chi connectivity index (χ0) is 23.8. The smallest absolute Gasteiger partial charge is 0.213 e. The summed E-state index contributed by atoms with van der Waals surface area (Å²) in [6, 6.07) is 1.88. The number of nitrogens with zero attached hydrogens (tertiary/aromatic N) is 4. The van der Waals surface area contributed by atoms with Gasteiger partial charge in [0.25, 0.3) is 0 Å². The summed E-state index contributed by atoms with van der Waals surface area (Å²) in [6.45, 7) is 10.5. The minimum atomic E-state index is 0.716. The molecule has 174 valence electrons. The van der Waals surface area contributed by atoms with Crippen LogP contribution in [0.5, 0.6) is 0 Å². The van der Waals surface area contributed by atoms with Crippen molar-refractivity contribution in [2.45, 2.75) is 66.2 Å². The van der Waals surface area contributed by atoms with Crippen molar-refractivity contribution in [2.75, 3.05) is 17.7 Å². The molecule has 3 rings (SSSR count). The van der Waals surface area contributed by atoms with Gasteiger partial charge in [-0.1, -0.05) is 63.3 Å². The summed E-state index contributed by atoms with van der Waals surface area (Å²) in [5.41, 5.74) is 3.58. The number of carbonyl (C=O) groups excluding carboxylic acids is 1. The third-order valence-electron chi connectivity index (χ3n) is 4.52. The van der Waals surface area contributed by atoms with Crippen molar-refractivity contribution in [3.63, 3.8) is 0 Å². The highest BCUT2D eigenvalue weighted by Gasteiger charge is 2.10. The molecule has 0 aliphatic heterocycles. The van der Waals surface area contributed by atoms with E-state index in [1.807, 2.05) is 37.6 Å². The van der Waals surface area contributed by atoms with Crippen LogP contribution >= 0.6 is 0 Å². The number of hydrogen-bond acceptors (Lipinski definition) is 6. The molecule has 0 radical (unpaired) electrons. The van der Waals surface area contributed by atoms with E-state index in [2.05, 4.69) is 64.6 Å². The van der Waals surface area contributed by atoms with Crippen LogP contribution in [0.1, 0.15) is 66.2 Å². The molecular weight excluding hydrogens is 400 g/mol. The van der Waals surface area contributed by atoms with E-state index < -0.39 is 0 Å². The van der Waals surface area contributed by atoms with E-state index in [-0.39, 0.29) is 0 Å². The van der Waals surface area contributed by atoms with Crippen molar-refractivity contribution in [2.24, 2.45) is 0 Å². The summed E-state index contributed by atoms with van der Waals surface area (Å²) in [5.74, 6) is 2.23. The first kappa shape index (κ1) is 26.8. The Bertz CT molecular complexity index is 893. The largest absolute Gasteiger partial charge is 0.373 e. The van der Waals surface area contributed by atoms with Gasteiger partial charge in [-0.05, 0) is 32.3 Å². The van der Waals surface area contributed by atoms with Gasteiger partial charge in [0.1, 0.15) is 24.8 Å². The molecule has 1 aliphatic rings. The van der Waals surface area contributed by atoms with Crippen molar-refractivity contribution < 1.29 is 4.79 Å². The van der Waals surface area contributed by atoms with Crippen LogP contribution in [0.4, 0.5) is 11.8 Å². The lowest BCUT2D eigenvalue weighted by molar-refractivity contribution is -0.0979. The van der Waals surface area contributed by atoms with Gasteiger partial charge in [0, 0.05) is 31.2 Å². The number of carbonyl (C=O) groups is 1. The van der Waals surface area contributed by atoms with Gasteiger partial charge in [0.05, 0.1) is 0 Å². The van der Waals surface area contributed by atoms with Crippen LogP contribution in [0, 0.1) is 0 Å². The van der Waals surface area contributed by atoms with Crippen molar-refractivity contribution in [3.8, 4) is 5.82 Å². The molecule has 0 aromatic carbocycles. The Kier molecular flexibility index (Phi) is 13.0. The van der Waals surface area contributed by atoms with Crippen LogP contribution in [0.25, 0.3) is 5.82 Å². The topological polar surface area (TPSA) is 84.7 Å². The highest BCUT2D eigenvalue weighted by atomic mass is 16.1.